The molecule has 5 N–H and O–H groups in total. The molecule has 0 unspecified atom stereocenters. The molecule has 3 aliphatic carbocycles. The summed E-state index contributed by atoms with van der Waals surface area (Å²) in [5.41, 5.74) is 3.72. The number of H-pyrrole nitrogens is 1. The molecule has 0 saturated heterocycles. The van der Waals surface area contributed by atoms with Gasteiger partial charge in [0.1, 0.15) is 17.7 Å². The summed E-state index contributed by atoms with van der Waals surface area (Å²) in [6.45, 7) is 15.9. The second-order valence-corrected chi connectivity index (χ2v) is 14.5. The van der Waals surface area contributed by atoms with Gasteiger partial charge in [-0.05, 0) is 48.9 Å². The molecule has 11 heteroatoms. The number of anilines is 1. The quantitative estimate of drug-likeness (QED) is 0.150. The maximum Gasteiger partial charge on any atom is 0.316 e. The van der Waals surface area contributed by atoms with Gasteiger partial charge in [0.25, 0.3) is 5.56 Å². The topological polar surface area (TPSA) is 164 Å². The molecule has 0 aromatic carbocycles. The first kappa shape index (κ1) is 32.4. The highest BCUT2D eigenvalue weighted by Crippen LogP contribution is 2.68. The van der Waals surface area contributed by atoms with Crippen molar-refractivity contribution in [2.45, 2.75) is 97.1 Å². The van der Waals surface area contributed by atoms with Gasteiger partial charge in [-0.15, -0.1) is 6.58 Å². The molecular weight excluding hydrogens is 556 g/mol. The molecule has 2 bridgehead atoms. The van der Waals surface area contributed by atoms with Gasteiger partial charge >= 0.3 is 5.97 Å². The van der Waals surface area contributed by atoms with Crippen LogP contribution in [0.15, 0.2) is 28.7 Å². The van der Waals surface area contributed by atoms with Gasteiger partial charge in [-0.25, -0.2) is 4.98 Å². The lowest BCUT2D eigenvalue weighted by molar-refractivity contribution is -0.205. The fourth-order valence-electron chi connectivity index (χ4n) is 7.90. The van der Waals surface area contributed by atoms with Crippen LogP contribution < -0.4 is 16.6 Å². The number of nitrogens with zero attached hydrogens (tertiary/aromatic N) is 1. The normalized spacial score (nSPS) is 36.9. The molecule has 232 valence electrons. The second-order valence-electron chi connectivity index (χ2n) is 13.5. The molecule has 3 aliphatic rings. The molecule has 1 heterocycles. The highest BCUT2D eigenvalue weighted by molar-refractivity contribution is 7.99. The third kappa shape index (κ3) is 5.59. The minimum Gasteiger partial charge on any atom is -0.461 e. The van der Waals surface area contributed by atoms with Crippen molar-refractivity contribution < 1.29 is 24.2 Å². The lowest BCUT2D eigenvalue weighted by Crippen LogP contribution is -2.63. The number of esters is 1. The Morgan fingerprint density at radius 3 is 2.64 bits per heavy atom. The van der Waals surface area contributed by atoms with E-state index in [1.54, 1.807) is 6.08 Å². The molecule has 10 nitrogen and oxygen atoms in total. The van der Waals surface area contributed by atoms with Crippen molar-refractivity contribution in [2.24, 2.45) is 45.7 Å². The standard InChI is InChI=1S/C31H46N4O6S/c1-8-29(6)14-20(30(7)17(4)9-11-31(18(5)26(29)39)12-10-19(36)25(30)31)41-23(38)15-42-28-34-21(13-22(37)35-28)33-27(40)24(32)16(2)3/h8,13,16-18,20,24-26,39H,1,9-12,14-15,32H2,2-7H3,(H2,33,34,35,37,40)/t17-,18+,20-,24+,25+,26+,29-,30+,31+/m1/s1. The fourth-order valence-corrected chi connectivity index (χ4v) is 8.56. The van der Waals surface area contributed by atoms with Gasteiger partial charge in [-0.1, -0.05) is 59.4 Å². The highest BCUT2D eigenvalue weighted by atomic mass is 32.2. The lowest BCUT2D eigenvalue weighted by atomic mass is 9.44. The van der Waals surface area contributed by atoms with E-state index in [1.807, 2.05) is 20.8 Å². The van der Waals surface area contributed by atoms with E-state index in [1.165, 1.54) is 0 Å². The van der Waals surface area contributed by atoms with Crippen LogP contribution in [0.2, 0.25) is 0 Å². The molecule has 3 fully saturated rings. The zero-order valence-electron chi connectivity index (χ0n) is 25.6. The summed E-state index contributed by atoms with van der Waals surface area (Å²) >= 11 is 0.985. The summed E-state index contributed by atoms with van der Waals surface area (Å²) in [7, 11) is 0. The van der Waals surface area contributed by atoms with E-state index in [4.69, 9.17) is 10.5 Å². The molecule has 42 heavy (non-hydrogen) atoms. The van der Waals surface area contributed by atoms with Gasteiger partial charge in [-0.3, -0.25) is 19.2 Å². The minimum atomic E-state index is -0.766. The third-order valence-electron chi connectivity index (χ3n) is 10.9. The Balaban J connectivity index is 1.58. The molecule has 0 radical (unpaired) electrons. The summed E-state index contributed by atoms with van der Waals surface area (Å²) in [6.07, 6.45) is 3.67. The Bertz CT molecular complexity index is 1300. The number of aromatic nitrogens is 2. The van der Waals surface area contributed by atoms with Gasteiger partial charge in [0.2, 0.25) is 5.91 Å². The number of nitrogens with two attached hydrogens (primary N) is 1. The van der Waals surface area contributed by atoms with Crippen LogP contribution in [0, 0.1) is 39.9 Å². The van der Waals surface area contributed by atoms with E-state index in [2.05, 4.69) is 42.6 Å². The Kier molecular flexibility index (Phi) is 9.17. The van der Waals surface area contributed by atoms with E-state index >= 15 is 0 Å². The van der Waals surface area contributed by atoms with Gasteiger partial charge in [0.05, 0.1) is 17.9 Å². The predicted octanol–water partition coefficient (Wildman–Crippen LogP) is 3.69. The number of aliphatic hydroxyl groups excluding tert-OH is 1. The molecular formula is C31H46N4O6S. The largest absolute Gasteiger partial charge is 0.461 e. The monoisotopic (exact) mass is 602 g/mol. The molecule has 1 aromatic rings. The van der Waals surface area contributed by atoms with Crippen molar-refractivity contribution in [2.75, 3.05) is 11.1 Å². The number of hydrogen-bond acceptors (Lipinski definition) is 9. The van der Waals surface area contributed by atoms with E-state index in [9.17, 15) is 24.3 Å². The average Bonchev–Trinajstić information content (AvgIpc) is 3.29. The molecule has 0 spiro atoms. The van der Waals surface area contributed by atoms with Crippen molar-refractivity contribution in [3.05, 3.63) is 29.1 Å². The number of amides is 1. The number of hydrogen-bond donors (Lipinski definition) is 4. The predicted molar refractivity (Wildman–Crippen MR) is 162 cm³/mol. The number of Topliss-reactive ketones (excluding diaryl/α,β-unsaturated/α-hetero) is 1. The van der Waals surface area contributed by atoms with Crippen molar-refractivity contribution in [1.82, 2.24) is 9.97 Å². The van der Waals surface area contributed by atoms with Crippen molar-refractivity contribution in [1.29, 1.82) is 0 Å². The van der Waals surface area contributed by atoms with Gasteiger partial charge in [-0.2, -0.15) is 0 Å². The van der Waals surface area contributed by atoms with Crippen LogP contribution in [0.4, 0.5) is 5.82 Å². The summed E-state index contributed by atoms with van der Waals surface area (Å²) < 4.78 is 6.25. The van der Waals surface area contributed by atoms with Crippen molar-refractivity contribution >= 4 is 35.2 Å². The number of carbonyl (C=O) groups excluding carboxylic acids is 3. The lowest BCUT2D eigenvalue weighted by Gasteiger charge is -2.61. The van der Waals surface area contributed by atoms with Crippen LogP contribution in [0.5, 0.6) is 0 Å². The Labute approximate surface area is 252 Å². The summed E-state index contributed by atoms with van der Waals surface area (Å²) in [5.74, 6) is -1.30. The van der Waals surface area contributed by atoms with Gasteiger partial charge in [0.15, 0.2) is 5.16 Å². The number of aromatic amines is 1. The van der Waals surface area contributed by atoms with Crippen LogP contribution in [0.1, 0.15) is 73.6 Å². The zero-order valence-corrected chi connectivity index (χ0v) is 26.4. The van der Waals surface area contributed by atoms with E-state index in [0.717, 1.165) is 37.1 Å². The Morgan fingerprint density at radius 2 is 2.00 bits per heavy atom. The Hall–Kier alpha value is -2.50. The van der Waals surface area contributed by atoms with E-state index < -0.39 is 46.5 Å². The molecule has 9 atom stereocenters. The molecule has 0 aliphatic heterocycles. The molecule has 1 amide bonds. The number of ether oxygens (including phenoxy) is 1. The van der Waals surface area contributed by atoms with Gasteiger partial charge in [0, 0.05) is 29.2 Å². The summed E-state index contributed by atoms with van der Waals surface area (Å²) in [4.78, 5) is 58.4. The molecule has 4 rings (SSSR count). The zero-order chi connectivity index (χ0) is 31.2. The first-order valence-electron chi connectivity index (χ1n) is 14.9. The van der Waals surface area contributed by atoms with E-state index in [0.29, 0.717) is 12.8 Å². The first-order valence-corrected chi connectivity index (χ1v) is 15.9. The first-order chi connectivity index (χ1) is 19.6. The minimum absolute atomic E-state index is 0.0419. The van der Waals surface area contributed by atoms with E-state index in [-0.39, 0.29) is 51.6 Å². The van der Waals surface area contributed by atoms with Crippen LogP contribution >= 0.6 is 11.8 Å². The molecule has 3 saturated carbocycles. The van der Waals surface area contributed by atoms with Crippen molar-refractivity contribution in [3.63, 3.8) is 0 Å². The second kappa shape index (κ2) is 11.9. The van der Waals surface area contributed by atoms with Crippen LogP contribution in [0.3, 0.4) is 0 Å². The maximum absolute atomic E-state index is 13.6. The Morgan fingerprint density at radius 1 is 1.31 bits per heavy atom. The van der Waals surface area contributed by atoms with Gasteiger partial charge < -0.3 is 25.9 Å². The third-order valence-corrected chi connectivity index (χ3v) is 11.7. The number of thioether (sulfide) groups is 1. The SMILES string of the molecule is C=C[C@]1(C)C[C@@H](OC(=O)CSc2nc(NC(=O)[C@@H](N)C(C)C)cc(=O)[nH]2)[C@]2(C)[C@H](C)CC[C@]3(CCC(=O)[C@H]32)[C@@H](C)[C@@H]1O. The number of carbonyl (C=O) groups is 3. The number of ketones is 1. The number of rotatable bonds is 8. The summed E-state index contributed by atoms with van der Waals surface area (Å²) in [6, 6.07) is 0.387. The van der Waals surface area contributed by atoms with Crippen molar-refractivity contribution in [3.8, 4) is 0 Å². The number of nitrogens with one attached hydrogen (secondary N) is 2. The fraction of sp³-hybridized carbons (Fsp3) is 0.710. The number of aliphatic hydroxyl groups is 1. The van der Waals surface area contributed by atoms with Crippen LogP contribution in [0.25, 0.3) is 0 Å². The average molecular weight is 603 g/mol. The maximum atomic E-state index is 13.6. The van der Waals surface area contributed by atoms with Crippen LogP contribution in [-0.4, -0.2) is 56.7 Å². The smallest absolute Gasteiger partial charge is 0.316 e. The van der Waals surface area contributed by atoms with Crippen LogP contribution in [-0.2, 0) is 19.1 Å². The molecule has 1 aromatic heterocycles. The highest BCUT2D eigenvalue weighted by Gasteiger charge is 2.68. The summed E-state index contributed by atoms with van der Waals surface area (Å²) in [5, 5.41) is 14.4.